The highest BCUT2D eigenvalue weighted by molar-refractivity contribution is 14.0. The molecule has 1 N–H and O–H groups in total. The summed E-state index contributed by atoms with van der Waals surface area (Å²) in [6.07, 6.45) is 3.42. The molecule has 0 aliphatic carbocycles. The number of aliphatic imine (C=N–C) groups is 1. The summed E-state index contributed by atoms with van der Waals surface area (Å²) in [5.41, 5.74) is 2.89. The Bertz CT molecular complexity index is 928. The number of halogens is 1. The number of hydrogen-bond donors (Lipinski definition) is 1. The number of carbonyl (C=O) groups is 1. The highest BCUT2D eigenvalue weighted by Gasteiger charge is 2.18. The molecule has 3 rings (SSSR count). The number of carbonyl (C=O) groups excluding carboxylic acids is 1. The largest absolute Gasteiger partial charge is 0.497 e. The second-order valence-corrected chi connectivity index (χ2v) is 7.98. The van der Waals surface area contributed by atoms with E-state index in [2.05, 4.69) is 10.3 Å². The highest BCUT2D eigenvalue weighted by Crippen LogP contribution is 2.25. The van der Waals surface area contributed by atoms with Gasteiger partial charge < -0.3 is 24.6 Å². The van der Waals surface area contributed by atoms with Crippen molar-refractivity contribution >= 4 is 35.8 Å². The summed E-state index contributed by atoms with van der Waals surface area (Å²) in [5.74, 6) is 2.45. The Morgan fingerprint density at radius 3 is 2.36 bits per heavy atom. The van der Waals surface area contributed by atoms with Gasteiger partial charge in [0.05, 0.1) is 14.2 Å². The van der Waals surface area contributed by atoms with Crippen LogP contribution in [0.3, 0.4) is 0 Å². The molecule has 8 heteroatoms. The third kappa shape index (κ3) is 7.25. The molecule has 2 aromatic carbocycles. The van der Waals surface area contributed by atoms with Crippen molar-refractivity contribution < 1.29 is 14.3 Å². The van der Waals surface area contributed by atoms with Crippen molar-refractivity contribution in [3.63, 3.8) is 0 Å². The predicted octanol–water partition coefficient (Wildman–Crippen LogP) is 4.16. The number of rotatable bonds is 7. The van der Waals surface area contributed by atoms with E-state index in [1.54, 1.807) is 21.3 Å². The van der Waals surface area contributed by atoms with Crippen molar-refractivity contribution in [1.82, 2.24) is 15.1 Å². The van der Waals surface area contributed by atoms with Gasteiger partial charge in [0.1, 0.15) is 11.5 Å². The minimum absolute atomic E-state index is 0. The van der Waals surface area contributed by atoms with E-state index in [1.807, 2.05) is 59.3 Å². The molecule has 1 heterocycles. The number of nitrogens with one attached hydrogen (secondary N) is 1. The summed E-state index contributed by atoms with van der Waals surface area (Å²) in [5, 5.41) is 3.39. The molecule has 1 aliphatic rings. The maximum absolute atomic E-state index is 12.6. The molecule has 0 aromatic heterocycles. The molecular formula is C25H35IN4O3. The van der Waals surface area contributed by atoms with Crippen LogP contribution >= 0.6 is 24.0 Å². The first-order chi connectivity index (χ1) is 15.5. The van der Waals surface area contributed by atoms with E-state index < -0.39 is 0 Å². The zero-order chi connectivity index (χ0) is 22.9. The van der Waals surface area contributed by atoms with Gasteiger partial charge >= 0.3 is 0 Å². The molecule has 0 radical (unpaired) electrons. The zero-order valence-electron chi connectivity index (χ0n) is 20.0. The summed E-state index contributed by atoms with van der Waals surface area (Å²) in [6.45, 7) is 2.98. The van der Waals surface area contributed by atoms with Crippen molar-refractivity contribution in [3.05, 3.63) is 59.2 Å². The number of ether oxygens (including phenoxy) is 2. The third-order valence-electron chi connectivity index (χ3n) is 5.77. The molecular weight excluding hydrogens is 531 g/mol. The maximum atomic E-state index is 12.6. The van der Waals surface area contributed by atoms with Gasteiger partial charge in [-0.2, -0.15) is 0 Å². The number of nitrogens with zero attached hydrogens (tertiary/aromatic N) is 3. The molecule has 1 saturated heterocycles. The Morgan fingerprint density at radius 1 is 1.06 bits per heavy atom. The summed E-state index contributed by atoms with van der Waals surface area (Å²) in [4.78, 5) is 21.0. The van der Waals surface area contributed by atoms with E-state index in [9.17, 15) is 4.79 Å². The minimum Gasteiger partial charge on any atom is -0.497 e. The Kier molecular flexibility index (Phi) is 10.8. The number of benzene rings is 2. The first-order valence-corrected chi connectivity index (χ1v) is 11.1. The van der Waals surface area contributed by atoms with Crippen LogP contribution in [0.4, 0.5) is 0 Å². The molecule has 7 nitrogen and oxygen atoms in total. The highest BCUT2D eigenvalue weighted by atomic mass is 127. The van der Waals surface area contributed by atoms with Gasteiger partial charge in [-0.1, -0.05) is 12.1 Å². The lowest BCUT2D eigenvalue weighted by Gasteiger charge is -2.26. The van der Waals surface area contributed by atoms with E-state index in [-0.39, 0.29) is 29.9 Å². The Hall–Kier alpha value is -2.49. The number of amides is 1. The third-order valence-corrected chi connectivity index (χ3v) is 5.77. The molecule has 0 spiro atoms. The van der Waals surface area contributed by atoms with Gasteiger partial charge in [-0.15, -0.1) is 24.0 Å². The molecule has 0 atom stereocenters. The van der Waals surface area contributed by atoms with E-state index >= 15 is 0 Å². The second-order valence-electron chi connectivity index (χ2n) is 7.98. The normalized spacial score (nSPS) is 13.7. The van der Waals surface area contributed by atoms with Crippen LogP contribution in [0.2, 0.25) is 0 Å². The fourth-order valence-electron chi connectivity index (χ4n) is 3.92. The smallest absolute Gasteiger partial charge is 0.253 e. The predicted molar refractivity (Wildman–Crippen MR) is 143 cm³/mol. The standard InChI is InChI=1S/C25H34N4O3.HI/c1-26-25(28(2)18-21-12-13-22(31-3)16-23(21)32-4)27-17-19-8-10-20(11-9-19)24(30)29-14-6-5-7-15-29;/h8-13,16H,5-7,14-15,17-18H2,1-4H3,(H,26,27);1H. The number of guanidine groups is 1. The van der Waals surface area contributed by atoms with Gasteiger partial charge in [0.25, 0.3) is 5.91 Å². The molecule has 33 heavy (non-hydrogen) atoms. The fourth-order valence-corrected chi connectivity index (χ4v) is 3.92. The lowest BCUT2D eigenvalue weighted by Crippen LogP contribution is -2.38. The average Bonchev–Trinajstić information content (AvgIpc) is 2.85. The Morgan fingerprint density at radius 2 is 1.76 bits per heavy atom. The molecule has 0 bridgehead atoms. The fraction of sp³-hybridized carbons (Fsp3) is 0.440. The molecule has 1 amide bonds. The number of hydrogen-bond acceptors (Lipinski definition) is 4. The van der Waals surface area contributed by atoms with Crippen LogP contribution in [0.15, 0.2) is 47.5 Å². The quantitative estimate of drug-likeness (QED) is 0.310. The summed E-state index contributed by atoms with van der Waals surface area (Å²) in [7, 11) is 7.05. The Balaban J connectivity index is 0.00000385. The topological polar surface area (TPSA) is 66.4 Å². The van der Waals surface area contributed by atoms with Gasteiger partial charge in [0, 0.05) is 57.5 Å². The van der Waals surface area contributed by atoms with Crippen LogP contribution < -0.4 is 14.8 Å². The van der Waals surface area contributed by atoms with Crippen molar-refractivity contribution in [2.75, 3.05) is 41.4 Å². The number of likely N-dealkylation sites (tertiary alicyclic amines) is 1. The summed E-state index contributed by atoms with van der Waals surface area (Å²) in [6, 6.07) is 13.7. The number of piperidine rings is 1. The summed E-state index contributed by atoms with van der Waals surface area (Å²) >= 11 is 0. The SMILES string of the molecule is CN=C(NCc1ccc(C(=O)N2CCCCC2)cc1)N(C)Cc1ccc(OC)cc1OC.I. The average molecular weight is 566 g/mol. The van der Waals surface area contributed by atoms with E-state index in [0.29, 0.717) is 13.1 Å². The van der Waals surface area contributed by atoms with Crippen molar-refractivity contribution in [2.45, 2.75) is 32.4 Å². The van der Waals surface area contributed by atoms with Crippen LogP contribution in [0.25, 0.3) is 0 Å². The molecule has 2 aromatic rings. The van der Waals surface area contributed by atoms with Crippen LogP contribution in [0.5, 0.6) is 11.5 Å². The second kappa shape index (κ2) is 13.3. The molecule has 0 unspecified atom stereocenters. The monoisotopic (exact) mass is 566 g/mol. The maximum Gasteiger partial charge on any atom is 0.253 e. The molecule has 180 valence electrons. The van der Waals surface area contributed by atoms with E-state index in [1.165, 1.54) is 6.42 Å². The Labute approximate surface area is 214 Å². The van der Waals surface area contributed by atoms with Gasteiger partial charge in [-0.25, -0.2) is 0 Å². The zero-order valence-corrected chi connectivity index (χ0v) is 22.3. The summed E-state index contributed by atoms with van der Waals surface area (Å²) < 4.78 is 10.8. The van der Waals surface area contributed by atoms with Crippen molar-refractivity contribution in [2.24, 2.45) is 4.99 Å². The van der Waals surface area contributed by atoms with E-state index in [4.69, 9.17) is 9.47 Å². The number of methoxy groups -OCH3 is 2. The minimum atomic E-state index is 0. The molecule has 0 saturated carbocycles. The lowest BCUT2D eigenvalue weighted by atomic mass is 10.1. The first-order valence-electron chi connectivity index (χ1n) is 11.1. The van der Waals surface area contributed by atoms with Gasteiger partial charge in [0.2, 0.25) is 0 Å². The van der Waals surface area contributed by atoms with Crippen molar-refractivity contribution in [1.29, 1.82) is 0 Å². The van der Waals surface area contributed by atoms with Crippen LogP contribution in [-0.4, -0.2) is 63.1 Å². The van der Waals surface area contributed by atoms with Gasteiger partial charge in [0.15, 0.2) is 5.96 Å². The lowest BCUT2D eigenvalue weighted by molar-refractivity contribution is 0.0724. The van der Waals surface area contributed by atoms with E-state index in [0.717, 1.165) is 60.1 Å². The van der Waals surface area contributed by atoms with Crippen LogP contribution in [-0.2, 0) is 13.1 Å². The van der Waals surface area contributed by atoms with Crippen LogP contribution in [0, 0.1) is 0 Å². The van der Waals surface area contributed by atoms with Gasteiger partial charge in [-0.3, -0.25) is 9.79 Å². The first kappa shape index (κ1) is 26.8. The van der Waals surface area contributed by atoms with Crippen molar-refractivity contribution in [3.8, 4) is 11.5 Å². The molecule has 1 fully saturated rings. The van der Waals surface area contributed by atoms with Crippen LogP contribution in [0.1, 0.15) is 40.7 Å². The van der Waals surface area contributed by atoms with Gasteiger partial charge in [-0.05, 0) is 49.1 Å². The molecule has 1 aliphatic heterocycles.